The molecule has 8 aromatic carbocycles. The van der Waals surface area contributed by atoms with Crippen LogP contribution in [0.25, 0.3) is 55.3 Å². The van der Waals surface area contributed by atoms with Gasteiger partial charge in [0.15, 0.2) is 11.2 Å². The van der Waals surface area contributed by atoms with Crippen molar-refractivity contribution in [3.05, 3.63) is 205 Å². The Hall–Kier alpha value is -15.3. The lowest BCUT2D eigenvalue weighted by molar-refractivity contribution is -0.384. The van der Waals surface area contributed by atoms with E-state index in [4.69, 9.17) is 65.2 Å². The Labute approximate surface area is 797 Å². The maximum atomic E-state index is 12.5. The van der Waals surface area contributed by atoms with E-state index < -0.39 is 46.2 Å². The summed E-state index contributed by atoms with van der Waals surface area (Å²) in [6.07, 6.45) is -9.33. The van der Waals surface area contributed by atoms with Crippen LogP contribution in [-0.4, -0.2) is 271 Å². The number of halogens is 7. The van der Waals surface area contributed by atoms with Gasteiger partial charge in [-0.3, -0.25) is 30.9 Å². The topological polar surface area (TPSA) is 492 Å². The average molecular weight is 1970 g/mol. The molecule has 5 heterocycles. The minimum atomic E-state index is -4.81. The maximum absolute atomic E-state index is 12.5. The fourth-order valence-electron chi connectivity index (χ4n) is 12.4. The minimum Gasteiger partial charge on any atom is -0.462 e. The number of nitrogens with one attached hydrogen (secondary N) is 4. The number of benzene rings is 8. The van der Waals surface area contributed by atoms with Crippen LogP contribution in [0.15, 0.2) is 160 Å². The van der Waals surface area contributed by atoms with E-state index in [2.05, 4.69) is 70.4 Å². The van der Waals surface area contributed by atoms with Gasteiger partial charge in [-0.1, -0.05) is 23.7 Å². The summed E-state index contributed by atoms with van der Waals surface area (Å²) >= 11 is 5.58. The van der Waals surface area contributed by atoms with Crippen LogP contribution in [0, 0.1) is 20.2 Å². The summed E-state index contributed by atoms with van der Waals surface area (Å²) in [4.78, 5) is 127. The van der Waals surface area contributed by atoms with E-state index >= 15 is 0 Å². The zero-order chi connectivity index (χ0) is 103. The maximum Gasteiger partial charge on any atom is 0.573 e. The smallest absolute Gasteiger partial charge is 0.462 e. The van der Waals surface area contributed by atoms with Crippen molar-refractivity contribution in [2.24, 2.45) is 0 Å². The van der Waals surface area contributed by atoms with Crippen LogP contribution in [0.5, 0.6) is 11.5 Å². The molecule has 0 atom stereocenters. The fraction of sp³-hybridized carbons (Fsp3) is 0.352. The highest BCUT2D eigenvalue weighted by Gasteiger charge is 2.33. The monoisotopic (exact) mass is 1960 g/mol. The fourth-order valence-corrected chi connectivity index (χ4v) is 12.6. The number of imidazole rings is 3. The van der Waals surface area contributed by atoms with Gasteiger partial charge in [-0.05, 0) is 220 Å². The normalized spacial score (nSPS) is 11.0. The van der Waals surface area contributed by atoms with Crippen molar-refractivity contribution in [2.45, 2.75) is 67.0 Å². The summed E-state index contributed by atoms with van der Waals surface area (Å²) in [5.74, 6) is -1.67. The van der Waals surface area contributed by atoms with Gasteiger partial charge in [-0.15, -0.1) is 26.3 Å². The number of fused-ring (bicyclic) bond motifs is 5. The number of anilines is 8. The molecule has 0 aliphatic carbocycles. The van der Waals surface area contributed by atoms with Crippen LogP contribution in [-0.2, 0) is 52.9 Å². The van der Waals surface area contributed by atoms with E-state index in [0.717, 1.165) is 91.3 Å². The van der Waals surface area contributed by atoms with Crippen LogP contribution in [0.3, 0.4) is 0 Å². The highest BCUT2D eigenvalue weighted by atomic mass is 35.5. The molecule has 0 unspecified atom stereocenters. The number of alkyl halides is 6. The third-order valence-corrected chi connectivity index (χ3v) is 19.1. The van der Waals surface area contributed by atoms with E-state index in [-0.39, 0.29) is 94.4 Å². The van der Waals surface area contributed by atoms with Crippen LogP contribution in [0.2, 0.25) is 5.02 Å². The number of carbonyl (C=O) groups excluding carboxylic acids is 7. The highest BCUT2D eigenvalue weighted by molar-refractivity contribution is 6.32. The zero-order valence-corrected chi connectivity index (χ0v) is 79.5. The van der Waals surface area contributed by atoms with Crippen LogP contribution in [0.1, 0.15) is 86.4 Å². The minimum absolute atomic E-state index is 0.00644. The number of hydrogen-bond donors (Lipinski definition) is 6. The second-order valence-corrected chi connectivity index (χ2v) is 31.0. The van der Waals surface area contributed by atoms with E-state index in [1.54, 1.807) is 83.1 Å². The Morgan fingerprint density at radius 3 is 1.17 bits per heavy atom. The first kappa shape index (κ1) is 111. The predicted octanol–water partition coefficient (Wildman–Crippen LogP) is 15.3. The third-order valence-electron chi connectivity index (χ3n) is 18.8. The molecule has 0 saturated heterocycles. The Morgan fingerprint density at radius 1 is 0.424 bits per heavy atom. The molecular formula is C91H108ClF6N21O20. The van der Waals surface area contributed by atoms with Crippen molar-refractivity contribution in [3.8, 4) is 11.5 Å². The summed E-state index contributed by atoms with van der Waals surface area (Å²) < 4.78 is 124. The number of nitro groups is 2. The number of carbonyl (C=O) groups is 5. The number of oxazole rings is 2. The molecule has 0 spiro atoms. The Balaban J connectivity index is 0.000000231. The summed E-state index contributed by atoms with van der Waals surface area (Å²) in [7, 11) is 19.7. The largest absolute Gasteiger partial charge is 0.573 e. The number of nitrogens with zero attached hydrogens (tertiary/aromatic N) is 15. The van der Waals surface area contributed by atoms with Gasteiger partial charge < -0.3 is 102 Å². The third kappa shape index (κ3) is 34.8. The number of rotatable bonds is 35. The molecule has 0 fully saturated rings. The number of esters is 5. The van der Waals surface area contributed by atoms with Crippen molar-refractivity contribution in [1.82, 2.24) is 63.1 Å². The first-order chi connectivity index (χ1) is 65.9. The van der Waals surface area contributed by atoms with Crippen molar-refractivity contribution >= 4 is 161 Å². The molecule has 0 saturated carbocycles. The second kappa shape index (κ2) is 53.3. The van der Waals surface area contributed by atoms with Crippen molar-refractivity contribution in [1.29, 1.82) is 0 Å². The number of ether oxygens (including phenoxy) is 7. The van der Waals surface area contributed by atoms with E-state index in [1.807, 2.05) is 124 Å². The Bertz CT molecular complexity index is 6350. The SMILES string of the molecule is CCOC(=O)c1ccc(Cl)c([N+](=O)[O-])c1.CCOC(=O)c1ccc(NCCN(C)C)c(N)c1.CCOC(=O)c1ccc(NCCN(C)C)c([N+](=O)[O-])c1.CCOC(=O)c1ccc2c(c1)nc(N)n2CCN(C)C.CCOC(=O)c1ccc2c(c1)nc(Nc1nc3ccc(OC(F)(F)F)cc3o1)n2CCN(C)C.CN(C)CCn1c(Nc2nc3ccc(OC(F)(F)F)cc3o2)nc2ccccc21.O=C=O. The molecule has 746 valence electrons. The zero-order valence-electron chi connectivity index (χ0n) is 78.7. The molecule has 13 rings (SSSR count). The highest BCUT2D eigenvalue weighted by Crippen LogP contribution is 2.35. The van der Waals surface area contributed by atoms with Gasteiger partial charge in [0, 0.05) is 89.7 Å². The molecule has 48 heteroatoms. The summed E-state index contributed by atoms with van der Waals surface area (Å²) in [6, 6.07) is 38.9. The van der Waals surface area contributed by atoms with Crippen LogP contribution in [0.4, 0.5) is 84.7 Å². The summed E-state index contributed by atoms with van der Waals surface area (Å²) in [6.45, 7) is 17.5. The molecule has 13 aromatic rings. The molecule has 0 radical (unpaired) electrons. The molecule has 139 heavy (non-hydrogen) atoms. The molecule has 0 amide bonds. The van der Waals surface area contributed by atoms with Gasteiger partial charge in [-0.25, -0.2) is 38.9 Å². The molecule has 5 aromatic heterocycles. The van der Waals surface area contributed by atoms with Crippen molar-refractivity contribution < 1.29 is 112 Å². The number of para-hydroxylation sites is 2. The number of nitrogens with two attached hydrogens (primary N) is 2. The van der Waals surface area contributed by atoms with Crippen molar-refractivity contribution in [2.75, 3.05) is 182 Å². The summed E-state index contributed by atoms with van der Waals surface area (Å²) in [5, 5.41) is 33.8. The van der Waals surface area contributed by atoms with Gasteiger partial charge in [0.25, 0.3) is 11.4 Å². The molecular weight excluding hydrogens is 1860 g/mol. The number of aromatic nitrogens is 8. The van der Waals surface area contributed by atoms with Gasteiger partial charge in [0.1, 0.15) is 33.2 Å². The number of nitrogen functional groups attached to an aromatic ring is 2. The predicted molar refractivity (Wildman–Crippen MR) is 508 cm³/mol. The van der Waals surface area contributed by atoms with Gasteiger partial charge >= 0.3 is 60.8 Å². The average Bonchev–Trinajstić information content (AvgIpc) is 1.63. The molecule has 0 aliphatic heterocycles. The first-order valence-electron chi connectivity index (χ1n) is 42.7. The van der Waals surface area contributed by atoms with Gasteiger partial charge in [-0.2, -0.15) is 19.6 Å². The van der Waals surface area contributed by atoms with E-state index in [1.165, 1.54) is 48.5 Å². The molecule has 0 aliphatic rings. The molecule has 8 N–H and O–H groups in total. The molecule has 0 bridgehead atoms. The second-order valence-electron chi connectivity index (χ2n) is 30.6. The van der Waals surface area contributed by atoms with Gasteiger partial charge in [0.2, 0.25) is 17.8 Å². The number of likely N-dealkylation sites (N-methyl/N-ethyl adjacent to an activating group) is 5. The van der Waals surface area contributed by atoms with Crippen LogP contribution >= 0.6 is 11.6 Å². The first-order valence-corrected chi connectivity index (χ1v) is 43.0. The lowest BCUT2D eigenvalue weighted by Gasteiger charge is -2.13. The van der Waals surface area contributed by atoms with Crippen LogP contribution < -0.4 is 42.2 Å². The Kier molecular flexibility index (Phi) is 42.4. The summed E-state index contributed by atoms with van der Waals surface area (Å²) in [5.41, 5.74) is 20.6. The quantitative estimate of drug-likeness (QED) is 0.00536. The lowest BCUT2D eigenvalue weighted by atomic mass is 10.1. The van der Waals surface area contributed by atoms with Gasteiger partial charge in [0.05, 0.1) is 115 Å². The number of hydrogen-bond acceptors (Lipinski definition) is 36. The van der Waals surface area contributed by atoms with E-state index in [0.29, 0.717) is 107 Å². The Morgan fingerprint density at radius 2 is 0.770 bits per heavy atom. The molecule has 41 nitrogen and oxygen atoms in total. The van der Waals surface area contributed by atoms with Crippen molar-refractivity contribution in [3.63, 3.8) is 0 Å². The van der Waals surface area contributed by atoms with E-state index in [9.17, 15) is 70.5 Å². The standard InChI is InChI=1S/C22H22F3N5O4.C19H18F3N5O2.C14H20N4O2.C13H19N3O4.C13H21N3O2.C9H8ClNO4.CO2/c1-4-32-19(31)13-5-8-17-16(11-13)26-20(30(17)10-9-29(2)3)28-21-27-15-7-6-14(12-18(15)33-21)34-22(23,24)25;1-26(2)9-10-27-15-6-4-3-5-13(15)23-17(27)25-18-24-14-8-7-12(11-16(14)28-18)29-19(20,21)22;1-4-20-13(19)10-5-6-12-11(9-10)16-14(15)18(12)8-7-17(2)3;1-4-20-13(17)10-5-6-11(12(9-10)16(18)19)14-7-8-15(2)3;1-4-18-13(17)10-5-6-12(11(14)9-10)15-7-8-16(2)3;1-2-15-9(12)6-3-4-7(10)8(5-6)11(13)14;2-1-3/h5-8,11-12H,4,9-10H2,1-3H3,(H,26,27,28);3-8,11H,9-10H2,1-2H3,(H,23,24,25);5-6,9H,4,7-8H2,1-3H3,(H2,15,16);5-6,9,14H,4,7-8H2,1-3H3;5-6,9,15H,4,7-8,14H2,1-3H3;3-5H,2H2,1H3;. The lowest BCUT2D eigenvalue weighted by Crippen LogP contribution is -2.21. The number of nitro benzene ring substituents is 2.